The molecular weight excluding hydrogens is 403 g/mol. The van der Waals surface area contributed by atoms with E-state index >= 15 is 0 Å². The number of amides is 2. The van der Waals surface area contributed by atoms with Gasteiger partial charge in [-0.3, -0.25) is 14.5 Å². The van der Waals surface area contributed by atoms with Gasteiger partial charge in [0.05, 0.1) is 12.6 Å². The molecule has 0 saturated heterocycles. The molecule has 2 N–H and O–H groups in total. The lowest BCUT2D eigenvalue weighted by Crippen LogP contribution is -2.43. The summed E-state index contributed by atoms with van der Waals surface area (Å²) in [5.74, 6) is -0.605. The number of rotatable bonds is 6. The lowest BCUT2D eigenvalue weighted by atomic mass is 10.2. The summed E-state index contributed by atoms with van der Waals surface area (Å²) >= 11 is 3.27. The maximum Gasteiger partial charge on any atom is 0.241 e. The Kier molecular flexibility index (Phi) is 6.82. The molecule has 2 amide bonds. The van der Waals surface area contributed by atoms with Gasteiger partial charge < -0.3 is 10.6 Å². The highest BCUT2D eigenvalue weighted by molar-refractivity contribution is 9.10. The Balaban J connectivity index is 1.92. The third-order valence-electron chi connectivity index (χ3n) is 3.89. The first-order valence-corrected chi connectivity index (χ1v) is 8.74. The molecule has 1 unspecified atom stereocenters. The fourth-order valence-corrected chi connectivity index (χ4v) is 2.40. The SMILES string of the molecule is Cc1ccc(F)cc1NC(=O)C(C)N(C)CC(=O)Nc1ccc(Br)cn1. The number of carbonyl (C=O) groups excluding carboxylic acids is 2. The van der Waals surface area contributed by atoms with Gasteiger partial charge in [-0.25, -0.2) is 9.37 Å². The summed E-state index contributed by atoms with van der Waals surface area (Å²) in [5, 5.41) is 5.36. The minimum Gasteiger partial charge on any atom is -0.324 e. The summed E-state index contributed by atoms with van der Waals surface area (Å²) in [7, 11) is 1.66. The molecule has 1 aromatic carbocycles. The van der Waals surface area contributed by atoms with Crippen LogP contribution in [0.1, 0.15) is 12.5 Å². The Morgan fingerprint density at radius 2 is 2.00 bits per heavy atom. The Morgan fingerprint density at radius 3 is 2.65 bits per heavy atom. The molecule has 0 spiro atoms. The van der Waals surface area contributed by atoms with Gasteiger partial charge in [0.25, 0.3) is 0 Å². The quantitative estimate of drug-likeness (QED) is 0.749. The largest absolute Gasteiger partial charge is 0.324 e. The van der Waals surface area contributed by atoms with Crippen LogP contribution >= 0.6 is 15.9 Å². The topological polar surface area (TPSA) is 74.3 Å². The Morgan fingerprint density at radius 1 is 1.27 bits per heavy atom. The second kappa shape index (κ2) is 8.86. The van der Waals surface area contributed by atoms with Crippen LogP contribution in [0, 0.1) is 12.7 Å². The van der Waals surface area contributed by atoms with Crippen molar-refractivity contribution in [2.24, 2.45) is 0 Å². The predicted molar refractivity (Wildman–Crippen MR) is 102 cm³/mol. The second-order valence-corrected chi connectivity index (χ2v) is 6.87. The van der Waals surface area contributed by atoms with Gasteiger partial charge >= 0.3 is 0 Å². The van der Waals surface area contributed by atoms with E-state index in [1.54, 1.807) is 50.2 Å². The lowest BCUT2D eigenvalue weighted by Gasteiger charge is -2.23. The van der Waals surface area contributed by atoms with Gasteiger partial charge in [0.15, 0.2) is 0 Å². The average molecular weight is 423 g/mol. The van der Waals surface area contributed by atoms with E-state index in [0.717, 1.165) is 10.0 Å². The van der Waals surface area contributed by atoms with Crippen LogP contribution in [0.25, 0.3) is 0 Å². The molecule has 26 heavy (non-hydrogen) atoms. The van der Waals surface area contributed by atoms with Crippen LogP contribution in [0.4, 0.5) is 15.9 Å². The van der Waals surface area contributed by atoms with E-state index in [4.69, 9.17) is 0 Å². The maximum atomic E-state index is 13.3. The van der Waals surface area contributed by atoms with E-state index in [2.05, 4.69) is 31.5 Å². The maximum absolute atomic E-state index is 13.3. The number of aryl methyl sites for hydroxylation is 1. The number of likely N-dealkylation sites (N-methyl/N-ethyl adjacent to an activating group) is 1. The minimum atomic E-state index is -0.582. The number of benzene rings is 1. The van der Waals surface area contributed by atoms with E-state index in [1.807, 2.05) is 0 Å². The van der Waals surface area contributed by atoms with Crippen molar-refractivity contribution in [2.45, 2.75) is 19.9 Å². The fraction of sp³-hybridized carbons (Fsp3) is 0.278. The highest BCUT2D eigenvalue weighted by atomic mass is 79.9. The zero-order valence-corrected chi connectivity index (χ0v) is 16.3. The molecule has 8 heteroatoms. The van der Waals surface area contributed by atoms with E-state index in [1.165, 1.54) is 12.1 Å². The standard InChI is InChI=1S/C18H20BrFN4O2/c1-11-4-6-14(20)8-15(11)22-18(26)12(2)24(3)10-17(25)23-16-7-5-13(19)9-21-16/h4-9,12H,10H2,1-3H3,(H,22,26)(H,21,23,25). The Hall–Kier alpha value is -2.32. The monoisotopic (exact) mass is 422 g/mol. The van der Waals surface area contributed by atoms with Gasteiger partial charge in [-0.2, -0.15) is 0 Å². The molecule has 0 fully saturated rings. The molecule has 0 bridgehead atoms. The van der Waals surface area contributed by atoms with Crippen LogP contribution in [0.15, 0.2) is 41.0 Å². The molecule has 0 saturated carbocycles. The lowest BCUT2D eigenvalue weighted by molar-refractivity contribution is -0.122. The first-order chi connectivity index (χ1) is 12.3. The highest BCUT2D eigenvalue weighted by Gasteiger charge is 2.21. The van der Waals surface area contributed by atoms with Crippen LogP contribution in [0.5, 0.6) is 0 Å². The summed E-state index contributed by atoms with van der Waals surface area (Å²) in [4.78, 5) is 30.1. The van der Waals surface area contributed by atoms with E-state index in [9.17, 15) is 14.0 Å². The van der Waals surface area contributed by atoms with Crippen molar-refractivity contribution < 1.29 is 14.0 Å². The van der Waals surface area contributed by atoms with Crippen LogP contribution in [-0.4, -0.2) is 41.3 Å². The molecular formula is C18H20BrFN4O2. The zero-order valence-electron chi connectivity index (χ0n) is 14.7. The summed E-state index contributed by atoms with van der Waals surface area (Å²) in [6.07, 6.45) is 1.58. The van der Waals surface area contributed by atoms with Crippen LogP contribution in [0.2, 0.25) is 0 Å². The number of anilines is 2. The molecule has 0 aliphatic carbocycles. The van der Waals surface area contributed by atoms with Crippen molar-refractivity contribution in [3.63, 3.8) is 0 Å². The number of hydrogen-bond donors (Lipinski definition) is 2. The van der Waals surface area contributed by atoms with E-state index in [-0.39, 0.29) is 18.4 Å². The van der Waals surface area contributed by atoms with E-state index in [0.29, 0.717) is 11.5 Å². The number of nitrogens with one attached hydrogen (secondary N) is 2. The van der Waals surface area contributed by atoms with Crippen molar-refractivity contribution in [2.75, 3.05) is 24.2 Å². The fourth-order valence-electron chi connectivity index (χ4n) is 2.16. The summed E-state index contributed by atoms with van der Waals surface area (Å²) < 4.78 is 14.1. The minimum absolute atomic E-state index is 0.00840. The smallest absolute Gasteiger partial charge is 0.241 e. The first kappa shape index (κ1) is 20.0. The first-order valence-electron chi connectivity index (χ1n) is 7.95. The summed E-state index contributed by atoms with van der Waals surface area (Å²) in [6.45, 7) is 3.46. The Labute approximate surface area is 159 Å². The van der Waals surface area contributed by atoms with Crippen molar-refractivity contribution in [1.29, 1.82) is 0 Å². The number of aromatic nitrogens is 1. The van der Waals surface area contributed by atoms with Crippen LogP contribution < -0.4 is 10.6 Å². The third-order valence-corrected chi connectivity index (χ3v) is 4.36. The predicted octanol–water partition coefficient (Wildman–Crippen LogP) is 3.19. The van der Waals surface area contributed by atoms with Gasteiger partial charge in [0.2, 0.25) is 11.8 Å². The second-order valence-electron chi connectivity index (χ2n) is 5.95. The molecule has 6 nitrogen and oxygen atoms in total. The van der Waals surface area contributed by atoms with Crippen molar-refractivity contribution in [3.8, 4) is 0 Å². The van der Waals surface area contributed by atoms with E-state index < -0.39 is 11.9 Å². The van der Waals surface area contributed by atoms with Gasteiger partial charge in [-0.1, -0.05) is 6.07 Å². The molecule has 1 atom stereocenters. The van der Waals surface area contributed by atoms with Crippen molar-refractivity contribution in [3.05, 3.63) is 52.4 Å². The molecule has 2 aromatic rings. The van der Waals surface area contributed by atoms with Crippen molar-refractivity contribution >= 4 is 39.2 Å². The van der Waals surface area contributed by atoms with Gasteiger partial charge in [0, 0.05) is 16.4 Å². The number of pyridine rings is 1. The molecule has 2 rings (SSSR count). The van der Waals surface area contributed by atoms with Crippen LogP contribution in [0.3, 0.4) is 0 Å². The molecule has 0 aliphatic rings. The van der Waals surface area contributed by atoms with Gasteiger partial charge in [-0.05, 0) is 66.7 Å². The average Bonchev–Trinajstić information content (AvgIpc) is 2.59. The van der Waals surface area contributed by atoms with Gasteiger partial charge in [-0.15, -0.1) is 0 Å². The molecule has 1 heterocycles. The summed E-state index contributed by atoms with van der Waals surface area (Å²) in [6, 6.07) is 7.06. The molecule has 138 valence electrons. The molecule has 0 radical (unpaired) electrons. The number of halogens is 2. The highest BCUT2D eigenvalue weighted by Crippen LogP contribution is 2.16. The van der Waals surface area contributed by atoms with Gasteiger partial charge in [0.1, 0.15) is 11.6 Å². The third kappa shape index (κ3) is 5.60. The summed E-state index contributed by atoms with van der Waals surface area (Å²) in [5.41, 5.74) is 1.17. The number of carbonyl (C=O) groups is 2. The number of nitrogens with zero attached hydrogens (tertiary/aromatic N) is 2. The van der Waals surface area contributed by atoms with Crippen LogP contribution in [-0.2, 0) is 9.59 Å². The molecule has 1 aromatic heterocycles. The molecule has 0 aliphatic heterocycles. The zero-order chi connectivity index (χ0) is 19.3. The van der Waals surface area contributed by atoms with Crippen molar-refractivity contribution in [1.82, 2.24) is 9.88 Å². The normalized spacial score (nSPS) is 11.9. The Bertz CT molecular complexity index is 798. The number of hydrogen-bond acceptors (Lipinski definition) is 4.